The lowest BCUT2D eigenvalue weighted by Gasteiger charge is -2.13. The van der Waals surface area contributed by atoms with Gasteiger partial charge in [0, 0.05) is 17.2 Å². The predicted octanol–water partition coefficient (Wildman–Crippen LogP) is 7.39. The minimum absolute atomic E-state index is 0.0313. The van der Waals surface area contributed by atoms with Crippen LogP contribution in [-0.2, 0) is 6.61 Å². The zero-order chi connectivity index (χ0) is 25.8. The lowest BCUT2D eigenvalue weighted by molar-refractivity contribution is -0.384. The van der Waals surface area contributed by atoms with Crippen molar-refractivity contribution in [3.05, 3.63) is 110 Å². The van der Waals surface area contributed by atoms with Crippen LogP contribution in [-0.4, -0.2) is 10.8 Å². The predicted molar refractivity (Wildman–Crippen MR) is 136 cm³/mol. The molecule has 0 aliphatic heterocycles. The highest BCUT2D eigenvalue weighted by atomic mass is 35.5. The number of carbonyl (C=O) groups is 1. The van der Waals surface area contributed by atoms with E-state index in [4.69, 9.17) is 25.5 Å². The number of nitrogens with zero attached hydrogens (tertiary/aromatic N) is 1. The Kier molecular flexibility index (Phi) is 7.26. The summed E-state index contributed by atoms with van der Waals surface area (Å²) in [5.41, 5.74) is 2.93. The highest BCUT2D eigenvalue weighted by Gasteiger charge is 2.17. The second-order valence-electron chi connectivity index (χ2n) is 8.24. The first-order valence-electron chi connectivity index (χ1n) is 11.0. The van der Waals surface area contributed by atoms with Gasteiger partial charge in [0.1, 0.15) is 29.6 Å². The van der Waals surface area contributed by atoms with E-state index in [9.17, 15) is 14.9 Å². The minimum Gasteiger partial charge on any atom is -0.486 e. The maximum atomic E-state index is 12.8. The number of furan rings is 1. The number of ether oxygens (including phenoxy) is 2. The van der Waals surface area contributed by atoms with Gasteiger partial charge in [0.15, 0.2) is 5.76 Å². The van der Waals surface area contributed by atoms with Crippen LogP contribution in [0.3, 0.4) is 0 Å². The number of nitro benzene ring substituents is 1. The zero-order valence-electron chi connectivity index (χ0n) is 19.8. The molecule has 3 aromatic carbocycles. The summed E-state index contributed by atoms with van der Waals surface area (Å²) in [5.74, 6) is 1.31. The fourth-order valence-corrected chi connectivity index (χ4v) is 3.64. The Balaban J connectivity index is 1.49. The van der Waals surface area contributed by atoms with Crippen LogP contribution < -0.4 is 14.8 Å². The van der Waals surface area contributed by atoms with Gasteiger partial charge in [-0.2, -0.15) is 0 Å². The maximum Gasteiger partial charge on any atom is 0.291 e. The molecule has 1 N–H and O–H groups in total. The van der Waals surface area contributed by atoms with Gasteiger partial charge in [-0.1, -0.05) is 17.7 Å². The van der Waals surface area contributed by atoms with Gasteiger partial charge in [0.25, 0.3) is 11.6 Å². The van der Waals surface area contributed by atoms with Crippen LogP contribution >= 0.6 is 11.6 Å². The highest BCUT2D eigenvalue weighted by molar-refractivity contribution is 6.30. The molecule has 0 aliphatic rings. The first-order chi connectivity index (χ1) is 17.2. The normalized spacial score (nSPS) is 10.7. The van der Waals surface area contributed by atoms with Crippen molar-refractivity contribution in [3.63, 3.8) is 0 Å². The fraction of sp³-hybridized carbons (Fsp3) is 0.148. The standard InChI is InChI=1S/C27H23ClN2O6/c1-16-10-17(2)18(3)26(11-16)36-24-13-20(12-21(14-24)30(32)33)29-27(31)25-9-8-23(35-25)15-34-22-6-4-19(28)5-7-22/h4-14H,15H2,1-3H3,(H,29,31). The van der Waals surface area contributed by atoms with E-state index in [1.54, 1.807) is 30.3 Å². The minimum atomic E-state index is -0.568. The summed E-state index contributed by atoms with van der Waals surface area (Å²) in [6.07, 6.45) is 0. The van der Waals surface area contributed by atoms with Gasteiger partial charge in [0.05, 0.1) is 16.7 Å². The van der Waals surface area contributed by atoms with Crippen molar-refractivity contribution >= 4 is 28.9 Å². The number of aryl methyl sites for hydroxylation is 2. The summed E-state index contributed by atoms with van der Waals surface area (Å²) in [5, 5.41) is 14.7. The van der Waals surface area contributed by atoms with E-state index in [0.717, 1.165) is 16.7 Å². The number of hydrogen-bond donors (Lipinski definition) is 1. The van der Waals surface area contributed by atoms with E-state index >= 15 is 0 Å². The lowest BCUT2D eigenvalue weighted by atomic mass is 10.1. The lowest BCUT2D eigenvalue weighted by Crippen LogP contribution is -2.11. The molecule has 1 aromatic heterocycles. The molecule has 0 atom stereocenters. The summed E-state index contributed by atoms with van der Waals surface area (Å²) in [6.45, 7) is 5.93. The van der Waals surface area contributed by atoms with E-state index < -0.39 is 10.8 Å². The molecule has 0 unspecified atom stereocenters. The number of non-ortho nitro benzene ring substituents is 1. The topological polar surface area (TPSA) is 104 Å². The van der Waals surface area contributed by atoms with Crippen LogP contribution in [0.5, 0.6) is 17.2 Å². The van der Waals surface area contributed by atoms with E-state index in [-0.39, 0.29) is 29.5 Å². The largest absolute Gasteiger partial charge is 0.486 e. The second-order valence-corrected chi connectivity index (χ2v) is 8.68. The Bertz CT molecular complexity index is 1430. The quantitative estimate of drug-likeness (QED) is 0.197. The third kappa shape index (κ3) is 6.03. The number of halogens is 1. The molecule has 0 bridgehead atoms. The third-order valence-corrected chi connectivity index (χ3v) is 5.68. The second kappa shape index (κ2) is 10.5. The monoisotopic (exact) mass is 506 g/mol. The van der Waals surface area contributed by atoms with E-state index in [1.807, 2.05) is 32.9 Å². The van der Waals surface area contributed by atoms with Crippen LogP contribution in [0.15, 0.2) is 71.1 Å². The Morgan fingerprint density at radius 2 is 1.75 bits per heavy atom. The summed E-state index contributed by atoms with van der Waals surface area (Å²) in [6, 6.07) is 18.0. The summed E-state index contributed by atoms with van der Waals surface area (Å²) >= 11 is 5.87. The first-order valence-corrected chi connectivity index (χ1v) is 11.4. The van der Waals surface area contributed by atoms with Gasteiger partial charge < -0.3 is 19.2 Å². The molecule has 0 aliphatic carbocycles. The van der Waals surface area contributed by atoms with Crippen molar-refractivity contribution in [2.24, 2.45) is 0 Å². The van der Waals surface area contributed by atoms with Crippen LogP contribution in [0.4, 0.5) is 11.4 Å². The highest BCUT2D eigenvalue weighted by Crippen LogP contribution is 2.33. The Morgan fingerprint density at radius 3 is 2.47 bits per heavy atom. The first kappa shape index (κ1) is 24.8. The van der Waals surface area contributed by atoms with Gasteiger partial charge in [-0.25, -0.2) is 0 Å². The van der Waals surface area contributed by atoms with Gasteiger partial charge >= 0.3 is 0 Å². The fourth-order valence-electron chi connectivity index (χ4n) is 3.51. The van der Waals surface area contributed by atoms with E-state index in [2.05, 4.69) is 5.32 Å². The van der Waals surface area contributed by atoms with Crippen molar-refractivity contribution in [1.82, 2.24) is 0 Å². The molecule has 1 amide bonds. The maximum absolute atomic E-state index is 12.8. The Labute approximate surface area is 212 Å². The van der Waals surface area contributed by atoms with E-state index in [0.29, 0.717) is 22.3 Å². The number of benzene rings is 3. The Morgan fingerprint density at radius 1 is 1.00 bits per heavy atom. The average Bonchev–Trinajstić information content (AvgIpc) is 3.31. The zero-order valence-corrected chi connectivity index (χ0v) is 20.6. The van der Waals surface area contributed by atoms with Crippen LogP contribution in [0.1, 0.15) is 33.0 Å². The number of anilines is 1. The third-order valence-electron chi connectivity index (χ3n) is 5.43. The van der Waals surface area contributed by atoms with Crippen LogP contribution in [0.25, 0.3) is 0 Å². The van der Waals surface area contributed by atoms with Gasteiger partial charge in [-0.15, -0.1) is 0 Å². The van der Waals surface area contributed by atoms with Crippen LogP contribution in [0, 0.1) is 30.9 Å². The molecule has 4 rings (SSSR count). The van der Waals surface area contributed by atoms with Crippen molar-refractivity contribution in [3.8, 4) is 17.2 Å². The molecule has 0 radical (unpaired) electrons. The molecule has 184 valence electrons. The molecule has 36 heavy (non-hydrogen) atoms. The molecule has 0 saturated carbocycles. The molecule has 1 heterocycles. The number of carbonyl (C=O) groups excluding carboxylic acids is 1. The van der Waals surface area contributed by atoms with Crippen molar-refractivity contribution in [2.75, 3.05) is 5.32 Å². The van der Waals surface area contributed by atoms with Gasteiger partial charge in [-0.3, -0.25) is 14.9 Å². The molecule has 0 spiro atoms. The molecule has 8 nitrogen and oxygen atoms in total. The molecule has 0 fully saturated rings. The van der Waals surface area contributed by atoms with E-state index in [1.165, 1.54) is 24.3 Å². The number of rotatable bonds is 8. The molecular weight excluding hydrogens is 484 g/mol. The molecule has 4 aromatic rings. The van der Waals surface area contributed by atoms with Crippen molar-refractivity contribution in [1.29, 1.82) is 0 Å². The smallest absolute Gasteiger partial charge is 0.291 e. The average molecular weight is 507 g/mol. The summed E-state index contributed by atoms with van der Waals surface area (Å²) < 4.78 is 17.2. The molecular formula is C27H23ClN2O6. The molecule has 0 saturated heterocycles. The number of hydrogen-bond acceptors (Lipinski definition) is 6. The van der Waals surface area contributed by atoms with Gasteiger partial charge in [-0.05, 0) is 79.9 Å². The molecule has 9 heteroatoms. The van der Waals surface area contributed by atoms with Crippen molar-refractivity contribution in [2.45, 2.75) is 27.4 Å². The summed E-state index contributed by atoms with van der Waals surface area (Å²) in [7, 11) is 0. The number of amides is 1. The SMILES string of the molecule is Cc1cc(C)c(C)c(Oc2cc(NC(=O)c3ccc(COc4ccc(Cl)cc4)o3)cc([N+](=O)[O-])c2)c1. The van der Waals surface area contributed by atoms with Crippen molar-refractivity contribution < 1.29 is 23.6 Å². The number of nitro groups is 1. The van der Waals surface area contributed by atoms with Crippen LogP contribution in [0.2, 0.25) is 5.02 Å². The number of nitrogens with one attached hydrogen (secondary N) is 1. The summed E-state index contributed by atoms with van der Waals surface area (Å²) in [4.78, 5) is 23.7. The Hall–Kier alpha value is -4.30. The van der Waals surface area contributed by atoms with Gasteiger partial charge in [0.2, 0.25) is 0 Å².